The van der Waals surface area contributed by atoms with Crippen molar-refractivity contribution in [3.05, 3.63) is 0 Å². The maximum atomic E-state index is 10.9. The van der Waals surface area contributed by atoms with Gasteiger partial charge in [-0.15, -0.1) is 0 Å². The number of nitrogens with one attached hydrogen (secondary N) is 2. The topological polar surface area (TPSA) is 41.1 Å². The van der Waals surface area contributed by atoms with Crippen LogP contribution in [0.5, 0.6) is 0 Å². The van der Waals surface area contributed by atoms with Crippen LogP contribution in [0.4, 0.5) is 0 Å². The molecule has 1 saturated heterocycles. The zero-order valence-electron chi connectivity index (χ0n) is 8.60. The second-order valence-corrected chi connectivity index (χ2v) is 3.80. The van der Waals surface area contributed by atoms with Gasteiger partial charge in [-0.1, -0.05) is 26.7 Å². The molecule has 1 aliphatic rings. The number of carbonyl (C=O) groups excluding carboxylic acids is 1. The molecular formula is C10H20N2O. The lowest BCUT2D eigenvalue weighted by atomic mass is 10.0. The van der Waals surface area contributed by atoms with Crippen molar-refractivity contribution in [3.8, 4) is 0 Å². The fraction of sp³-hybridized carbons (Fsp3) is 0.900. The van der Waals surface area contributed by atoms with Crippen LogP contribution in [0.1, 0.15) is 33.1 Å². The highest BCUT2D eigenvalue weighted by molar-refractivity contribution is 5.78. The van der Waals surface area contributed by atoms with E-state index in [-0.39, 0.29) is 5.91 Å². The molecule has 1 heterocycles. The molecular weight excluding hydrogens is 164 g/mol. The van der Waals surface area contributed by atoms with E-state index in [0.29, 0.717) is 12.5 Å². The van der Waals surface area contributed by atoms with Crippen LogP contribution in [0, 0.1) is 5.92 Å². The van der Waals surface area contributed by atoms with Crippen molar-refractivity contribution < 1.29 is 4.79 Å². The van der Waals surface area contributed by atoms with Gasteiger partial charge in [-0.2, -0.15) is 0 Å². The van der Waals surface area contributed by atoms with Crippen molar-refractivity contribution >= 4 is 5.91 Å². The number of amides is 1. The first-order chi connectivity index (χ1) is 6.26. The van der Waals surface area contributed by atoms with E-state index in [1.165, 1.54) is 12.8 Å². The van der Waals surface area contributed by atoms with Gasteiger partial charge in [0.25, 0.3) is 0 Å². The second-order valence-electron chi connectivity index (χ2n) is 3.80. The Morgan fingerprint density at radius 2 is 2.23 bits per heavy atom. The first-order valence-electron chi connectivity index (χ1n) is 5.26. The van der Waals surface area contributed by atoms with Crippen LogP contribution >= 0.6 is 0 Å². The largest absolute Gasteiger partial charge is 0.354 e. The summed E-state index contributed by atoms with van der Waals surface area (Å²) >= 11 is 0. The fourth-order valence-electron chi connectivity index (χ4n) is 1.66. The Bertz CT molecular complexity index is 166. The van der Waals surface area contributed by atoms with Crippen molar-refractivity contribution in [1.29, 1.82) is 0 Å². The predicted molar refractivity (Wildman–Crippen MR) is 53.5 cm³/mol. The number of hydrogen-bond donors (Lipinski definition) is 2. The molecule has 1 amide bonds. The molecule has 0 aromatic carbocycles. The van der Waals surface area contributed by atoms with Crippen molar-refractivity contribution in [1.82, 2.24) is 10.6 Å². The summed E-state index contributed by atoms with van der Waals surface area (Å²) in [5, 5.41) is 6.26. The molecule has 1 fully saturated rings. The van der Waals surface area contributed by atoms with Gasteiger partial charge in [-0.3, -0.25) is 4.79 Å². The van der Waals surface area contributed by atoms with Crippen molar-refractivity contribution in [2.75, 3.05) is 13.1 Å². The van der Waals surface area contributed by atoms with Gasteiger partial charge >= 0.3 is 0 Å². The summed E-state index contributed by atoms with van der Waals surface area (Å²) in [6, 6.07) is 0.369. The molecule has 13 heavy (non-hydrogen) atoms. The van der Waals surface area contributed by atoms with Gasteiger partial charge in [-0.05, 0) is 12.5 Å². The summed E-state index contributed by atoms with van der Waals surface area (Å²) in [5.74, 6) is 0.942. The molecule has 0 bridgehead atoms. The Hall–Kier alpha value is -0.570. The molecule has 0 aromatic rings. The molecule has 1 unspecified atom stereocenters. The van der Waals surface area contributed by atoms with Crippen LogP contribution in [-0.4, -0.2) is 25.0 Å². The summed E-state index contributed by atoms with van der Waals surface area (Å²) in [6.07, 6.45) is 3.09. The van der Waals surface area contributed by atoms with Crippen molar-refractivity contribution in [3.63, 3.8) is 0 Å². The molecule has 3 heteroatoms. The molecule has 0 saturated carbocycles. The molecule has 0 aromatic heterocycles. The maximum absolute atomic E-state index is 10.9. The lowest BCUT2D eigenvalue weighted by Crippen LogP contribution is -2.34. The summed E-state index contributed by atoms with van der Waals surface area (Å²) in [6.45, 7) is 6.29. The van der Waals surface area contributed by atoms with Gasteiger partial charge in [0.05, 0.1) is 0 Å². The van der Waals surface area contributed by atoms with E-state index in [1.54, 1.807) is 0 Å². The van der Waals surface area contributed by atoms with E-state index < -0.39 is 0 Å². The standard InChI is InChI=1S/C10H20N2O/c1-3-8(4-2)6-11-9-5-10(13)12-7-9/h8-9,11H,3-7H2,1-2H3,(H,12,13). The minimum absolute atomic E-state index is 0.182. The van der Waals surface area contributed by atoms with E-state index in [9.17, 15) is 4.79 Å². The molecule has 3 nitrogen and oxygen atoms in total. The smallest absolute Gasteiger partial charge is 0.221 e. The van der Waals surface area contributed by atoms with Gasteiger partial charge < -0.3 is 10.6 Å². The van der Waals surface area contributed by atoms with Crippen LogP contribution in [0.2, 0.25) is 0 Å². The molecule has 0 aliphatic carbocycles. The van der Waals surface area contributed by atoms with Gasteiger partial charge in [-0.25, -0.2) is 0 Å². The van der Waals surface area contributed by atoms with Gasteiger partial charge in [0, 0.05) is 19.0 Å². The number of carbonyl (C=O) groups is 1. The van der Waals surface area contributed by atoms with E-state index in [4.69, 9.17) is 0 Å². The quantitative estimate of drug-likeness (QED) is 0.666. The summed E-state index contributed by atoms with van der Waals surface area (Å²) in [7, 11) is 0. The number of hydrogen-bond acceptors (Lipinski definition) is 2. The van der Waals surface area contributed by atoms with Crippen LogP contribution < -0.4 is 10.6 Å². The zero-order chi connectivity index (χ0) is 9.68. The Balaban J connectivity index is 2.14. The minimum Gasteiger partial charge on any atom is -0.354 e. The molecule has 2 N–H and O–H groups in total. The summed E-state index contributed by atoms with van der Waals surface area (Å²) in [5.41, 5.74) is 0. The van der Waals surface area contributed by atoms with Crippen LogP contribution in [0.25, 0.3) is 0 Å². The third-order valence-corrected chi connectivity index (χ3v) is 2.83. The van der Waals surface area contributed by atoms with Crippen LogP contribution in [0.3, 0.4) is 0 Å². The van der Waals surface area contributed by atoms with Crippen LogP contribution in [0.15, 0.2) is 0 Å². The molecule has 1 atom stereocenters. The molecule has 0 spiro atoms. The van der Waals surface area contributed by atoms with Gasteiger partial charge in [0.1, 0.15) is 0 Å². The first kappa shape index (κ1) is 10.5. The summed E-state index contributed by atoms with van der Waals surface area (Å²) in [4.78, 5) is 10.9. The second kappa shape index (κ2) is 5.22. The zero-order valence-corrected chi connectivity index (χ0v) is 8.60. The molecule has 1 aliphatic heterocycles. The molecule has 0 radical (unpaired) electrons. The molecule has 76 valence electrons. The van der Waals surface area contributed by atoms with E-state index >= 15 is 0 Å². The minimum atomic E-state index is 0.182. The van der Waals surface area contributed by atoms with Crippen molar-refractivity contribution in [2.45, 2.75) is 39.2 Å². The highest BCUT2D eigenvalue weighted by Gasteiger charge is 2.20. The van der Waals surface area contributed by atoms with Crippen LogP contribution in [-0.2, 0) is 4.79 Å². The average Bonchev–Trinajstić information content (AvgIpc) is 2.53. The lowest BCUT2D eigenvalue weighted by molar-refractivity contribution is -0.119. The van der Waals surface area contributed by atoms with Gasteiger partial charge in [0.15, 0.2) is 0 Å². The molecule has 1 rings (SSSR count). The average molecular weight is 184 g/mol. The highest BCUT2D eigenvalue weighted by atomic mass is 16.1. The monoisotopic (exact) mass is 184 g/mol. The van der Waals surface area contributed by atoms with E-state index in [2.05, 4.69) is 24.5 Å². The Morgan fingerprint density at radius 3 is 2.69 bits per heavy atom. The normalized spacial score (nSPS) is 22.4. The SMILES string of the molecule is CCC(CC)CNC1CNC(=O)C1. The van der Waals surface area contributed by atoms with E-state index in [0.717, 1.165) is 19.0 Å². The third-order valence-electron chi connectivity index (χ3n) is 2.83. The highest BCUT2D eigenvalue weighted by Crippen LogP contribution is 2.07. The third kappa shape index (κ3) is 3.35. The maximum Gasteiger partial charge on any atom is 0.221 e. The summed E-state index contributed by atoms with van der Waals surface area (Å²) < 4.78 is 0. The lowest BCUT2D eigenvalue weighted by Gasteiger charge is -2.16. The Kier molecular flexibility index (Phi) is 4.22. The Morgan fingerprint density at radius 1 is 1.54 bits per heavy atom. The predicted octanol–water partition coefficient (Wildman–Crippen LogP) is 0.901. The fourth-order valence-corrected chi connectivity index (χ4v) is 1.66. The first-order valence-corrected chi connectivity index (χ1v) is 5.26. The number of rotatable bonds is 5. The Labute approximate surface area is 80.3 Å². The van der Waals surface area contributed by atoms with E-state index in [1.807, 2.05) is 0 Å². The van der Waals surface area contributed by atoms with Crippen molar-refractivity contribution in [2.24, 2.45) is 5.92 Å². The van der Waals surface area contributed by atoms with Gasteiger partial charge in [0.2, 0.25) is 5.91 Å².